The van der Waals surface area contributed by atoms with Gasteiger partial charge in [-0.2, -0.15) is 0 Å². The van der Waals surface area contributed by atoms with Gasteiger partial charge in [-0.05, 0) is 45.7 Å². The number of nitrogens with zero attached hydrogens (tertiary/aromatic N) is 2. The fourth-order valence-electron chi connectivity index (χ4n) is 3.04. The van der Waals surface area contributed by atoms with E-state index in [0.29, 0.717) is 18.2 Å². The third kappa shape index (κ3) is 3.58. The van der Waals surface area contributed by atoms with Gasteiger partial charge in [0.15, 0.2) is 0 Å². The van der Waals surface area contributed by atoms with Crippen LogP contribution in [0.15, 0.2) is 27.6 Å². The summed E-state index contributed by atoms with van der Waals surface area (Å²) in [6.45, 7) is 12.0. The van der Waals surface area contributed by atoms with Crippen molar-refractivity contribution in [3.05, 3.63) is 51.3 Å². The van der Waals surface area contributed by atoms with Crippen LogP contribution in [0, 0.1) is 19.8 Å². The van der Waals surface area contributed by atoms with Crippen molar-refractivity contribution in [1.82, 2.24) is 15.0 Å². The van der Waals surface area contributed by atoms with Crippen LogP contribution in [0.4, 0.5) is 0 Å². The van der Waals surface area contributed by atoms with Crippen LogP contribution in [0.25, 0.3) is 0 Å². The molecule has 6 nitrogen and oxygen atoms in total. The van der Waals surface area contributed by atoms with Crippen LogP contribution in [-0.4, -0.2) is 15.6 Å². The Hall–Kier alpha value is -2.37. The molecular formula is C18H25N3O3. The average Bonchev–Trinajstić information content (AvgIpc) is 2.80. The monoisotopic (exact) mass is 331 g/mol. The Morgan fingerprint density at radius 2 is 2.04 bits per heavy atom. The van der Waals surface area contributed by atoms with Crippen molar-refractivity contribution in [3.63, 3.8) is 0 Å². The highest BCUT2D eigenvalue weighted by atomic mass is 16.5. The molecule has 2 aromatic heterocycles. The minimum atomic E-state index is -0.698. The molecule has 0 aromatic carbocycles. The van der Waals surface area contributed by atoms with Crippen LogP contribution in [0.3, 0.4) is 0 Å². The molecule has 0 aliphatic carbocycles. The number of nitrogens with one attached hydrogen (secondary N) is 1. The lowest BCUT2D eigenvalue weighted by molar-refractivity contribution is 0.0909. The Balaban J connectivity index is 2.32. The normalized spacial score (nSPS) is 11.8. The predicted molar refractivity (Wildman–Crippen MR) is 92.0 cm³/mol. The molecule has 0 aliphatic rings. The van der Waals surface area contributed by atoms with Gasteiger partial charge in [-0.15, -0.1) is 0 Å². The number of hydrogen-bond donors (Lipinski definition) is 1. The molecule has 2 rings (SSSR count). The number of amides is 1. The number of aryl methyl sites for hydroxylation is 2. The van der Waals surface area contributed by atoms with Crippen LogP contribution in [0.2, 0.25) is 0 Å². The molecule has 0 saturated heterocycles. The maximum absolute atomic E-state index is 12.7. The second kappa shape index (κ2) is 6.63. The lowest BCUT2D eigenvalue weighted by Gasteiger charge is -2.26. The molecule has 0 saturated carbocycles. The van der Waals surface area contributed by atoms with E-state index >= 15 is 0 Å². The molecule has 0 bridgehead atoms. The Morgan fingerprint density at radius 3 is 2.58 bits per heavy atom. The first-order valence-corrected chi connectivity index (χ1v) is 8.08. The van der Waals surface area contributed by atoms with Crippen LogP contribution in [-0.2, 0) is 12.1 Å². The summed E-state index contributed by atoms with van der Waals surface area (Å²) in [5.74, 6) is 0.575. The van der Waals surface area contributed by atoms with Crippen molar-refractivity contribution in [2.75, 3.05) is 0 Å². The van der Waals surface area contributed by atoms with Gasteiger partial charge < -0.3 is 14.4 Å². The van der Waals surface area contributed by atoms with Gasteiger partial charge in [0.05, 0.1) is 11.2 Å². The summed E-state index contributed by atoms with van der Waals surface area (Å²) in [6, 6.07) is 3.28. The minimum absolute atomic E-state index is 0.137. The SMILES string of the molecule is Cc1noc(C)c1C(C)(C)NC(=O)c1cccn(CC(C)C)c1=O. The molecule has 0 aliphatic heterocycles. The van der Waals surface area contributed by atoms with E-state index in [-0.39, 0.29) is 11.1 Å². The van der Waals surface area contributed by atoms with Gasteiger partial charge in [0.2, 0.25) is 0 Å². The fraction of sp³-hybridized carbons (Fsp3) is 0.500. The van der Waals surface area contributed by atoms with Gasteiger partial charge in [-0.25, -0.2) is 0 Å². The molecule has 0 unspecified atom stereocenters. The van der Waals surface area contributed by atoms with Crippen molar-refractivity contribution in [3.8, 4) is 0 Å². The molecule has 1 amide bonds. The zero-order valence-electron chi connectivity index (χ0n) is 15.1. The van der Waals surface area contributed by atoms with Crippen LogP contribution < -0.4 is 10.9 Å². The highest BCUT2D eigenvalue weighted by Crippen LogP contribution is 2.26. The molecule has 130 valence electrons. The van der Waals surface area contributed by atoms with E-state index in [4.69, 9.17) is 4.52 Å². The molecular weight excluding hydrogens is 306 g/mol. The molecule has 0 atom stereocenters. The smallest absolute Gasteiger partial charge is 0.263 e. The number of carbonyl (C=O) groups excluding carboxylic acids is 1. The molecule has 0 spiro atoms. The Kier molecular flexibility index (Phi) is 4.96. The van der Waals surface area contributed by atoms with Gasteiger partial charge in [0.25, 0.3) is 11.5 Å². The van der Waals surface area contributed by atoms with Crippen molar-refractivity contribution in [1.29, 1.82) is 0 Å². The zero-order valence-corrected chi connectivity index (χ0v) is 15.1. The van der Waals surface area contributed by atoms with Crippen LogP contribution in [0.1, 0.15) is 55.1 Å². The van der Waals surface area contributed by atoms with Crippen LogP contribution >= 0.6 is 0 Å². The lowest BCUT2D eigenvalue weighted by atomic mass is 9.92. The number of pyridine rings is 1. The molecule has 0 fully saturated rings. The predicted octanol–water partition coefficient (Wildman–Crippen LogP) is 2.77. The number of carbonyl (C=O) groups is 1. The van der Waals surface area contributed by atoms with E-state index in [9.17, 15) is 9.59 Å². The summed E-state index contributed by atoms with van der Waals surface area (Å²) >= 11 is 0. The summed E-state index contributed by atoms with van der Waals surface area (Å²) < 4.78 is 6.76. The Bertz CT molecular complexity index is 781. The summed E-state index contributed by atoms with van der Waals surface area (Å²) in [5, 5.41) is 6.86. The quantitative estimate of drug-likeness (QED) is 0.914. The van der Waals surface area contributed by atoms with E-state index in [1.807, 2.05) is 34.6 Å². The van der Waals surface area contributed by atoms with Gasteiger partial charge in [0.1, 0.15) is 11.3 Å². The topological polar surface area (TPSA) is 77.1 Å². The summed E-state index contributed by atoms with van der Waals surface area (Å²) in [6.07, 6.45) is 1.71. The van der Waals surface area contributed by atoms with Crippen molar-refractivity contribution in [2.24, 2.45) is 5.92 Å². The third-order valence-corrected chi connectivity index (χ3v) is 3.91. The largest absolute Gasteiger partial charge is 0.361 e. The standard InChI is InChI=1S/C18H25N3O3/c1-11(2)10-21-9-7-8-14(17(21)23)16(22)19-18(5,6)15-12(3)20-24-13(15)4/h7-9,11H,10H2,1-6H3,(H,19,22). The molecule has 24 heavy (non-hydrogen) atoms. The fourth-order valence-corrected chi connectivity index (χ4v) is 3.04. The second-order valence-electron chi connectivity index (χ2n) is 7.05. The van der Waals surface area contributed by atoms with Crippen molar-refractivity contribution < 1.29 is 9.32 Å². The van der Waals surface area contributed by atoms with Crippen LogP contribution in [0.5, 0.6) is 0 Å². The zero-order chi connectivity index (χ0) is 18.1. The number of aromatic nitrogens is 2. The second-order valence-corrected chi connectivity index (χ2v) is 7.05. The van der Waals surface area contributed by atoms with Gasteiger partial charge in [0, 0.05) is 18.3 Å². The van der Waals surface area contributed by atoms with E-state index in [2.05, 4.69) is 10.5 Å². The van der Waals surface area contributed by atoms with E-state index in [0.717, 1.165) is 11.3 Å². The number of rotatable bonds is 5. The Labute approximate surface area is 141 Å². The summed E-state index contributed by atoms with van der Waals surface area (Å²) in [7, 11) is 0. The average molecular weight is 331 g/mol. The first kappa shape index (κ1) is 18.0. The maximum atomic E-state index is 12.7. The minimum Gasteiger partial charge on any atom is -0.361 e. The molecule has 2 heterocycles. The summed E-state index contributed by atoms with van der Waals surface area (Å²) in [4.78, 5) is 25.2. The highest BCUT2D eigenvalue weighted by Gasteiger charge is 2.30. The van der Waals surface area contributed by atoms with E-state index in [1.165, 1.54) is 0 Å². The van der Waals surface area contributed by atoms with Crippen molar-refractivity contribution >= 4 is 5.91 Å². The van der Waals surface area contributed by atoms with Gasteiger partial charge in [-0.3, -0.25) is 9.59 Å². The van der Waals surface area contributed by atoms with Crippen molar-refractivity contribution in [2.45, 2.75) is 53.6 Å². The third-order valence-electron chi connectivity index (χ3n) is 3.91. The Morgan fingerprint density at radius 1 is 1.38 bits per heavy atom. The molecule has 0 radical (unpaired) electrons. The molecule has 2 aromatic rings. The first-order chi connectivity index (χ1) is 11.1. The number of hydrogen-bond acceptors (Lipinski definition) is 4. The van der Waals surface area contributed by atoms with Gasteiger partial charge in [-0.1, -0.05) is 19.0 Å². The van der Waals surface area contributed by atoms with E-state index in [1.54, 1.807) is 29.8 Å². The lowest BCUT2D eigenvalue weighted by Crippen LogP contribution is -2.44. The molecule has 1 N–H and O–H groups in total. The maximum Gasteiger partial charge on any atom is 0.263 e. The van der Waals surface area contributed by atoms with Gasteiger partial charge >= 0.3 is 0 Å². The first-order valence-electron chi connectivity index (χ1n) is 8.08. The summed E-state index contributed by atoms with van der Waals surface area (Å²) in [5.41, 5.74) is 0.713. The highest BCUT2D eigenvalue weighted by molar-refractivity contribution is 5.94. The molecule has 6 heteroatoms. The van der Waals surface area contributed by atoms with E-state index < -0.39 is 11.4 Å².